The molecule has 158 valence electrons. The maximum atomic E-state index is 13.8. The Balaban J connectivity index is 1.56. The molecule has 1 amide bonds. The molecule has 5 heterocycles. The number of nitrogens with zero attached hydrogens (tertiary/aromatic N) is 3. The number of halogens is 4. The lowest BCUT2D eigenvalue weighted by atomic mass is 10.1. The average Bonchev–Trinajstić information content (AvgIpc) is 3.53. The fraction of sp³-hybridized carbons (Fsp3) is 0.143. The topological polar surface area (TPSA) is 50.8 Å². The van der Waals surface area contributed by atoms with Crippen molar-refractivity contribution in [1.82, 2.24) is 14.3 Å². The highest BCUT2D eigenvalue weighted by Crippen LogP contribution is 2.37. The molecule has 0 bridgehead atoms. The summed E-state index contributed by atoms with van der Waals surface area (Å²) in [6, 6.07) is 4.47. The van der Waals surface area contributed by atoms with Crippen LogP contribution >= 0.6 is 22.9 Å². The third kappa shape index (κ3) is 3.43. The summed E-state index contributed by atoms with van der Waals surface area (Å²) in [5.41, 5.74) is 1.09. The number of carbonyl (C=O) groups is 1. The maximum Gasteiger partial charge on any atom is 0.420 e. The first-order valence-electron chi connectivity index (χ1n) is 9.15. The molecule has 0 aliphatic carbocycles. The maximum absolute atomic E-state index is 13.8. The molecule has 5 nitrogen and oxygen atoms in total. The summed E-state index contributed by atoms with van der Waals surface area (Å²) in [5.74, 6) is -0.520. The molecule has 0 unspecified atom stereocenters. The molecule has 4 aromatic rings. The molecule has 0 saturated carbocycles. The summed E-state index contributed by atoms with van der Waals surface area (Å²) in [6.07, 6.45) is 1.35. The second-order valence-corrected chi connectivity index (χ2v) is 8.16. The second-order valence-electron chi connectivity index (χ2n) is 7.02. The van der Waals surface area contributed by atoms with Crippen LogP contribution in [0, 0.1) is 0 Å². The van der Waals surface area contributed by atoms with Gasteiger partial charge < -0.3 is 9.32 Å². The molecular formula is C21H13ClF3N3O2S. The van der Waals surface area contributed by atoms with Gasteiger partial charge in [-0.1, -0.05) is 17.7 Å². The van der Waals surface area contributed by atoms with Crippen LogP contribution in [0.5, 0.6) is 0 Å². The van der Waals surface area contributed by atoms with Gasteiger partial charge in [0.05, 0.1) is 18.1 Å². The third-order valence-corrected chi connectivity index (χ3v) is 6.17. The van der Waals surface area contributed by atoms with Crippen LogP contribution in [-0.2, 0) is 6.18 Å². The smallest absolute Gasteiger partial charge is 0.420 e. The van der Waals surface area contributed by atoms with E-state index < -0.39 is 23.3 Å². The summed E-state index contributed by atoms with van der Waals surface area (Å²) >= 11 is 7.92. The van der Waals surface area contributed by atoms with Gasteiger partial charge in [0.1, 0.15) is 5.15 Å². The van der Waals surface area contributed by atoms with E-state index in [-0.39, 0.29) is 16.4 Å². The number of pyridine rings is 1. The SMILES string of the molecule is O=C(c1nc2c(C(F)(F)F)cc(-c3ccoc3)cn2c1Cl)N1CC=C(c2ccsc2)C1. The van der Waals surface area contributed by atoms with Crippen LogP contribution in [0.4, 0.5) is 13.2 Å². The first-order valence-corrected chi connectivity index (χ1v) is 10.5. The van der Waals surface area contributed by atoms with Gasteiger partial charge in [-0.3, -0.25) is 9.20 Å². The highest BCUT2D eigenvalue weighted by molar-refractivity contribution is 7.08. The van der Waals surface area contributed by atoms with E-state index in [1.807, 2.05) is 22.9 Å². The van der Waals surface area contributed by atoms with Crippen LogP contribution in [0.1, 0.15) is 21.6 Å². The lowest BCUT2D eigenvalue weighted by Crippen LogP contribution is -2.29. The molecule has 0 aromatic carbocycles. The Labute approximate surface area is 183 Å². The Morgan fingerprint density at radius 2 is 2.06 bits per heavy atom. The third-order valence-electron chi connectivity index (χ3n) is 5.12. The average molecular weight is 464 g/mol. The highest BCUT2D eigenvalue weighted by atomic mass is 35.5. The van der Waals surface area contributed by atoms with Crippen molar-refractivity contribution in [2.45, 2.75) is 6.18 Å². The summed E-state index contributed by atoms with van der Waals surface area (Å²) in [5, 5.41) is 3.75. The van der Waals surface area contributed by atoms with E-state index in [1.54, 1.807) is 17.4 Å². The number of amides is 1. The van der Waals surface area contributed by atoms with Crippen molar-refractivity contribution in [1.29, 1.82) is 0 Å². The summed E-state index contributed by atoms with van der Waals surface area (Å²) in [6.45, 7) is 0.673. The van der Waals surface area contributed by atoms with E-state index >= 15 is 0 Å². The number of thiophene rings is 1. The number of fused-ring (bicyclic) bond motifs is 1. The van der Waals surface area contributed by atoms with Gasteiger partial charge in [-0.25, -0.2) is 4.98 Å². The van der Waals surface area contributed by atoms with Crippen molar-refractivity contribution < 1.29 is 22.4 Å². The molecule has 0 N–H and O–H groups in total. The van der Waals surface area contributed by atoms with Gasteiger partial charge in [0, 0.05) is 30.4 Å². The van der Waals surface area contributed by atoms with Gasteiger partial charge in [-0.2, -0.15) is 24.5 Å². The molecule has 0 fully saturated rings. The number of hydrogen-bond acceptors (Lipinski definition) is 4. The standard InChI is InChI=1S/C21H13ClF3N3O2S/c22-18-17(20(29)27-4-1-12(8-27)14-3-6-31-11-14)26-19-16(21(23,24)25)7-15(9-28(18)19)13-2-5-30-10-13/h1-3,5-7,9-11H,4,8H2. The van der Waals surface area contributed by atoms with Crippen LogP contribution < -0.4 is 0 Å². The minimum atomic E-state index is -4.68. The van der Waals surface area contributed by atoms with Gasteiger partial charge in [0.2, 0.25) is 0 Å². The predicted octanol–water partition coefficient (Wildman–Crippen LogP) is 5.87. The fourth-order valence-electron chi connectivity index (χ4n) is 3.56. The molecule has 0 saturated heterocycles. The number of carbonyl (C=O) groups excluding carboxylic acids is 1. The molecule has 5 rings (SSSR count). The molecular weight excluding hydrogens is 451 g/mol. The zero-order valence-electron chi connectivity index (χ0n) is 15.7. The molecule has 10 heteroatoms. The molecule has 4 aromatic heterocycles. The van der Waals surface area contributed by atoms with E-state index in [4.69, 9.17) is 16.0 Å². The zero-order chi connectivity index (χ0) is 21.8. The van der Waals surface area contributed by atoms with Crippen LogP contribution in [0.25, 0.3) is 22.3 Å². The fourth-order valence-corrected chi connectivity index (χ4v) is 4.50. The Kier molecular flexibility index (Phi) is 4.67. The van der Waals surface area contributed by atoms with E-state index in [9.17, 15) is 18.0 Å². The molecule has 1 aliphatic rings. The molecule has 0 radical (unpaired) electrons. The molecule has 0 spiro atoms. The Morgan fingerprint density at radius 1 is 1.23 bits per heavy atom. The zero-order valence-corrected chi connectivity index (χ0v) is 17.3. The first kappa shape index (κ1) is 19.9. The number of aromatic nitrogens is 2. The largest absolute Gasteiger partial charge is 0.472 e. The van der Waals surface area contributed by atoms with E-state index in [1.165, 1.54) is 23.6 Å². The summed E-state index contributed by atoms with van der Waals surface area (Å²) in [7, 11) is 0. The first-order chi connectivity index (χ1) is 14.8. The molecule has 0 atom stereocenters. The molecule has 1 aliphatic heterocycles. The Morgan fingerprint density at radius 3 is 2.74 bits per heavy atom. The second kappa shape index (κ2) is 7.28. The lowest BCUT2D eigenvalue weighted by Gasteiger charge is -2.15. The number of rotatable bonds is 3. The number of hydrogen-bond donors (Lipinski definition) is 0. The quantitative estimate of drug-likeness (QED) is 0.382. The minimum Gasteiger partial charge on any atom is -0.472 e. The van der Waals surface area contributed by atoms with Crippen LogP contribution in [0.2, 0.25) is 5.15 Å². The van der Waals surface area contributed by atoms with Crippen molar-refractivity contribution >= 4 is 40.1 Å². The Hall–Kier alpha value is -3.04. The van der Waals surface area contributed by atoms with Crippen LogP contribution in [-0.4, -0.2) is 33.3 Å². The monoisotopic (exact) mass is 463 g/mol. The van der Waals surface area contributed by atoms with Gasteiger partial charge in [0.15, 0.2) is 11.3 Å². The van der Waals surface area contributed by atoms with Crippen LogP contribution in [0.15, 0.2) is 58.2 Å². The van der Waals surface area contributed by atoms with E-state index in [0.717, 1.165) is 21.6 Å². The van der Waals surface area contributed by atoms with Crippen LogP contribution in [0.3, 0.4) is 0 Å². The normalized spacial score (nSPS) is 14.5. The van der Waals surface area contributed by atoms with Gasteiger partial charge in [0.25, 0.3) is 5.91 Å². The summed E-state index contributed by atoms with van der Waals surface area (Å²) in [4.78, 5) is 18.6. The Bertz CT molecular complexity index is 1310. The number of alkyl halides is 3. The van der Waals surface area contributed by atoms with Crippen molar-refractivity contribution in [3.63, 3.8) is 0 Å². The lowest BCUT2D eigenvalue weighted by molar-refractivity contribution is -0.136. The van der Waals surface area contributed by atoms with Crippen molar-refractivity contribution in [3.05, 3.63) is 75.7 Å². The van der Waals surface area contributed by atoms with Gasteiger partial charge >= 0.3 is 6.18 Å². The van der Waals surface area contributed by atoms with Crippen molar-refractivity contribution in [2.24, 2.45) is 0 Å². The highest BCUT2D eigenvalue weighted by Gasteiger charge is 2.37. The van der Waals surface area contributed by atoms with Gasteiger partial charge in [-0.05, 0) is 40.1 Å². The summed E-state index contributed by atoms with van der Waals surface area (Å²) < 4.78 is 47.4. The number of imidazole rings is 1. The van der Waals surface area contributed by atoms with Gasteiger partial charge in [-0.15, -0.1) is 0 Å². The van der Waals surface area contributed by atoms with E-state index in [2.05, 4.69) is 4.98 Å². The minimum absolute atomic E-state index is 0.167. The number of furan rings is 1. The molecule has 31 heavy (non-hydrogen) atoms. The van der Waals surface area contributed by atoms with E-state index in [0.29, 0.717) is 18.7 Å². The van der Waals surface area contributed by atoms with Crippen molar-refractivity contribution in [2.75, 3.05) is 13.1 Å². The predicted molar refractivity (Wildman–Crippen MR) is 111 cm³/mol. The van der Waals surface area contributed by atoms with Crippen molar-refractivity contribution in [3.8, 4) is 11.1 Å².